The Bertz CT molecular complexity index is 1580. The number of aromatic nitrogens is 1. The van der Waals surface area contributed by atoms with Crippen LogP contribution >= 0.6 is 50.2 Å². The first-order valence-electron chi connectivity index (χ1n) is 9.26. The fourth-order valence-electron chi connectivity index (χ4n) is 3.04. The molecule has 0 unspecified atom stereocenters. The number of benzene rings is 2. The molecule has 0 aliphatic heterocycles. The molecule has 3 heterocycles. The number of nitrogens with zero attached hydrogens (tertiary/aromatic N) is 4. The standard InChI is InChI=1S/C21H10BrClN4O4S2/c22-11-5-7-14-16(9-11)33-21(25-14)26(24-10-12-6-8-17(31-12)27(29)30)20(28)19-18(23)13-3-1-2-4-15(13)32-19/h1-10H/b24-10+. The maximum absolute atomic E-state index is 13.6. The number of furan rings is 1. The molecule has 33 heavy (non-hydrogen) atoms. The smallest absolute Gasteiger partial charge is 0.400 e. The van der Waals surface area contributed by atoms with Gasteiger partial charge in [-0.1, -0.05) is 57.1 Å². The van der Waals surface area contributed by atoms with E-state index in [1.54, 1.807) is 0 Å². The summed E-state index contributed by atoms with van der Waals surface area (Å²) in [5, 5.41) is 17.7. The van der Waals surface area contributed by atoms with Gasteiger partial charge in [-0.15, -0.1) is 11.3 Å². The number of amides is 1. The lowest BCUT2D eigenvalue weighted by Crippen LogP contribution is -2.25. The van der Waals surface area contributed by atoms with Crippen molar-refractivity contribution in [3.63, 3.8) is 0 Å². The predicted molar refractivity (Wildman–Crippen MR) is 134 cm³/mol. The summed E-state index contributed by atoms with van der Waals surface area (Å²) in [4.78, 5) is 28.7. The van der Waals surface area contributed by atoms with E-state index in [2.05, 4.69) is 26.0 Å². The Morgan fingerprint density at radius 2 is 2.00 bits per heavy atom. The molecular weight excluding hydrogens is 552 g/mol. The molecule has 0 atom stereocenters. The lowest BCUT2D eigenvalue weighted by atomic mass is 10.2. The van der Waals surface area contributed by atoms with E-state index in [1.807, 2.05) is 42.5 Å². The molecule has 0 aliphatic rings. The van der Waals surface area contributed by atoms with Crippen molar-refractivity contribution in [2.24, 2.45) is 5.10 Å². The van der Waals surface area contributed by atoms with Gasteiger partial charge in [-0.05, 0) is 30.3 Å². The maximum atomic E-state index is 13.6. The fourth-order valence-corrected chi connectivity index (χ4v) is 5.95. The van der Waals surface area contributed by atoms with Gasteiger partial charge >= 0.3 is 5.88 Å². The first kappa shape index (κ1) is 21.7. The van der Waals surface area contributed by atoms with Crippen molar-refractivity contribution >= 4 is 93.6 Å². The van der Waals surface area contributed by atoms with Gasteiger partial charge in [-0.25, -0.2) is 4.98 Å². The van der Waals surface area contributed by atoms with Crippen LogP contribution in [0.1, 0.15) is 15.4 Å². The van der Waals surface area contributed by atoms with E-state index in [0.29, 0.717) is 20.5 Å². The second-order valence-electron chi connectivity index (χ2n) is 6.64. The lowest BCUT2D eigenvalue weighted by molar-refractivity contribution is -0.402. The van der Waals surface area contributed by atoms with E-state index in [1.165, 1.54) is 41.0 Å². The van der Waals surface area contributed by atoms with Crippen LogP contribution in [-0.2, 0) is 0 Å². The van der Waals surface area contributed by atoms with E-state index in [-0.39, 0.29) is 5.76 Å². The van der Waals surface area contributed by atoms with E-state index >= 15 is 0 Å². The third kappa shape index (κ3) is 4.15. The topological polar surface area (TPSA) is 102 Å². The average Bonchev–Trinajstić information content (AvgIpc) is 3.51. The Labute approximate surface area is 207 Å². The number of thiazole rings is 1. The number of nitro groups is 1. The first-order chi connectivity index (χ1) is 15.9. The van der Waals surface area contributed by atoms with Gasteiger partial charge in [-0.2, -0.15) is 10.1 Å². The summed E-state index contributed by atoms with van der Waals surface area (Å²) in [7, 11) is 0. The van der Waals surface area contributed by atoms with Gasteiger partial charge in [0.1, 0.15) is 9.80 Å². The summed E-state index contributed by atoms with van der Waals surface area (Å²) >= 11 is 12.5. The summed E-state index contributed by atoms with van der Waals surface area (Å²) in [6.45, 7) is 0. The number of hydrogen-bond acceptors (Lipinski definition) is 8. The van der Waals surface area contributed by atoms with Crippen molar-refractivity contribution < 1.29 is 14.1 Å². The Morgan fingerprint density at radius 1 is 1.18 bits per heavy atom. The Morgan fingerprint density at radius 3 is 2.76 bits per heavy atom. The van der Waals surface area contributed by atoms with Crippen LogP contribution in [0.25, 0.3) is 20.3 Å². The minimum atomic E-state index is -0.650. The van der Waals surface area contributed by atoms with Gasteiger partial charge in [0, 0.05) is 14.6 Å². The molecule has 12 heteroatoms. The van der Waals surface area contributed by atoms with Gasteiger partial charge in [0.2, 0.25) is 5.13 Å². The molecule has 0 N–H and O–H groups in total. The third-order valence-corrected chi connectivity index (χ3v) is 7.69. The Balaban J connectivity index is 1.60. The number of carbonyl (C=O) groups is 1. The quantitative estimate of drug-likeness (QED) is 0.129. The van der Waals surface area contributed by atoms with Gasteiger partial charge < -0.3 is 4.42 Å². The predicted octanol–water partition coefficient (Wildman–Crippen LogP) is 7.11. The molecule has 0 bridgehead atoms. The van der Waals surface area contributed by atoms with Gasteiger partial charge in [0.15, 0.2) is 5.76 Å². The molecule has 0 saturated heterocycles. The monoisotopic (exact) mass is 560 g/mol. The third-order valence-electron chi connectivity index (χ3n) is 4.53. The number of carbonyl (C=O) groups excluding carboxylic acids is 1. The molecule has 0 spiro atoms. The summed E-state index contributed by atoms with van der Waals surface area (Å²) in [5.41, 5.74) is 0.697. The van der Waals surface area contributed by atoms with Crippen LogP contribution in [0.3, 0.4) is 0 Å². The molecule has 0 radical (unpaired) electrons. The largest absolute Gasteiger partial charge is 0.433 e. The van der Waals surface area contributed by atoms with Crippen LogP contribution in [0.15, 0.2) is 68.6 Å². The van der Waals surface area contributed by atoms with Crippen molar-refractivity contribution in [3.05, 3.63) is 84.8 Å². The van der Waals surface area contributed by atoms with Crippen LogP contribution < -0.4 is 5.01 Å². The zero-order valence-electron chi connectivity index (χ0n) is 16.3. The van der Waals surface area contributed by atoms with E-state index in [9.17, 15) is 14.9 Å². The summed E-state index contributed by atoms with van der Waals surface area (Å²) in [6, 6.07) is 15.6. The molecule has 3 aromatic heterocycles. The highest BCUT2D eigenvalue weighted by Crippen LogP contribution is 2.38. The highest BCUT2D eigenvalue weighted by Gasteiger charge is 2.26. The Kier molecular flexibility index (Phi) is 5.71. The zero-order chi connectivity index (χ0) is 23.1. The molecule has 0 aliphatic carbocycles. The van der Waals surface area contributed by atoms with Crippen molar-refractivity contribution in [2.45, 2.75) is 0 Å². The second-order valence-corrected chi connectivity index (χ2v) is 10.00. The average molecular weight is 562 g/mol. The Hall–Kier alpha value is -3.12. The van der Waals surface area contributed by atoms with Crippen LogP contribution in [0, 0.1) is 10.1 Å². The van der Waals surface area contributed by atoms with Gasteiger partial charge in [0.25, 0.3) is 5.91 Å². The number of fused-ring (bicyclic) bond motifs is 2. The number of rotatable bonds is 5. The number of halogens is 2. The molecule has 5 rings (SSSR count). The van der Waals surface area contributed by atoms with Crippen LogP contribution in [-0.4, -0.2) is 22.0 Å². The second kappa shape index (κ2) is 8.67. The van der Waals surface area contributed by atoms with Crippen molar-refractivity contribution in [1.29, 1.82) is 0 Å². The van der Waals surface area contributed by atoms with Crippen LogP contribution in [0.2, 0.25) is 5.02 Å². The van der Waals surface area contributed by atoms with E-state index in [0.717, 1.165) is 24.3 Å². The molecule has 0 saturated carbocycles. The van der Waals surface area contributed by atoms with Crippen molar-refractivity contribution in [2.75, 3.05) is 5.01 Å². The van der Waals surface area contributed by atoms with Crippen molar-refractivity contribution in [1.82, 2.24) is 4.98 Å². The minimum absolute atomic E-state index is 0.116. The highest BCUT2D eigenvalue weighted by atomic mass is 79.9. The normalized spacial score (nSPS) is 11.6. The van der Waals surface area contributed by atoms with E-state index < -0.39 is 16.7 Å². The summed E-state index contributed by atoms with van der Waals surface area (Å²) in [6.07, 6.45) is 1.23. The van der Waals surface area contributed by atoms with Crippen LogP contribution in [0.4, 0.5) is 11.0 Å². The molecule has 0 fully saturated rings. The first-order valence-corrected chi connectivity index (χ1v) is 12.1. The van der Waals surface area contributed by atoms with Crippen molar-refractivity contribution in [3.8, 4) is 0 Å². The molecule has 164 valence electrons. The highest BCUT2D eigenvalue weighted by molar-refractivity contribution is 9.10. The maximum Gasteiger partial charge on any atom is 0.433 e. The summed E-state index contributed by atoms with van der Waals surface area (Å²) < 4.78 is 7.72. The fraction of sp³-hybridized carbons (Fsp3) is 0. The van der Waals surface area contributed by atoms with E-state index in [4.69, 9.17) is 16.0 Å². The zero-order valence-corrected chi connectivity index (χ0v) is 20.2. The molecule has 8 nitrogen and oxygen atoms in total. The minimum Gasteiger partial charge on any atom is -0.400 e. The number of thiophene rings is 1. The number of hydrazone groups is 1. The van der Waals surface area contributed by atoms with Crippen LogP contribution in [0.5, 0.6) is 0 Å². The summed E-state index contributed by atoms with van der Waals surface area (Å²) in [5.74, 6) is -0.783. The molecule has 5 aromatic rings. The lowest BCUT2D eigenvalue weighted by Gasteiger charge is -2.12. The molecular formula is C21H10BrClN4O4S2. The van der Waals surface area contributed by atoms with Gasteiger partial charge in [-0.3, -0.25) is 14.9 Å². The number of hydrogen-bond donors (Lipinski definition) is 0. The SMILES string of the molecule is O=C(c1sc2ccccc2c1Cl)N(/N=C/c1ccc([N+](=O)[O-])o1)c1nc2ccc(Br)cc2s1. The molecule has 2 aromatic carbocycles. The molecule has 1 amide bonds. The number of anilines is 1. The van der Waals surface area contributed by atoms with Gasteiger partial charge in [0.05, 0.1) is 27.5 Å².